The number of hydrogen-bond donors (Lipinski definition) is 1. The lowest BCUT2D eigenvalue weighted by atomic mass is 9.89. The van der Waals surface area contributed by atoms with E-state index in [4.69, 9.17) is 11.6 Å². The Balaban J connectivity index is 2.37. The Hall–Kier alpha value is -1.52. The van der Waals surface area contributed by atoms with Crippen LogP contribution in [0.25, 0.3) is 0 Å². The van der Waals surface area contributed by atoms with E-state index in [1.807, 2.05) is 0 Å². The summed E-state index contributed by atoms with van der Waals surface area (Å²) >= 11 is 5.93. The van der Waals surface area contributed by atoms with Crippen LogP contribution in [0, 0.1) is 17.5 Å². The molecule has 1 unspecified atom stereocenters. The van der Waals surface area contributed by atoms with Crippen LogP contribution in [0.3, 0.4) is 0 Å². The van der Waals surface area contributed by atoms with Gasteiger partial charge in [-0.1, -0.05) is 11.6 Å². The van der Waals surface area contributed by atoms with Crippen molar-refractivity contribution in [2.75, 3.05) is 0 Å². The largest absolute Gasteiger partial charge is 0.385 e. The van der Waals surface area contributed by atoms with Crippen LogP contribution in [-0.2, 0) is 12.0 Å². The van der Waals surface area contributed by atoms with Crippen LogP contribution in [-0.4, -0.2) is 5.11 Å². The van der Waals surface area contributed by atoms with Crippen LogP contribution < -0.4 is 0 Å². The maximum absolute atomic E-state index is 13.2. The summed E-state index contributed by atoms with van der Waals surface area (Å²) in [6.07, 6.45) is -0.0630. The van der Waals surface area contributed by atoms with Crippen LogP contribution in [0.2, 0.25) is 5.02 Å². The minimum absolute atomic E-state index is 0.0630. The highest BCUT2D eigenvalue weighted by Gasteiger charge is 2.26. The van der Waals surface area contributed by atoms with Gasteiger partial charge in [0.25, 0.3) is 0 Å². The number of rotatable bonds is 3. The normalized spacial score (nSPS) is 14.1. The van der Waals surface area contributed by atoms with E-state index in [0.717, 1.165) is 18.2 Å². The van der Waals surface area contributed by atoms with Crippen molar-refractivity contribution in [1.82, 2.24) is 0 Å². The molecule has 1 atom stereocenters. The van der Waals surface area contributed by atoms with E-state index in [1.54, 1.807) is 0 Å². The van der Waals surface area contributed by atoms with Gasteiger partial charge < -0.3 is 5.11 Å². The lowest BCUT2D eigenvalue weighted by molar-refractivity contribution is 0.0569. The minimum Gasteiger partial charge on any atom is -0.385 e. The van der Waals surface area contributed by atoms with E-state index < -0.39 is 23.1 Å². The summed E-state index contributed by atoms with van der Waals surface area (Å²) in [5.74, 6) is -2.07. The van der Waals surface area contributed by atoms with Gasteiger partial charge in [-0.15, -0.1) is 0 Å². The van der Waals surface area contributed by atoms with Crippen LogP contribution in [0.4, 0.5) is 13.2 Å². The third-order valence-electron chi connectivity index (χ3n) is 3.03. The first-order valence-electron chi connectivity index (χ1n) is 5.91. The Morgan fingerprint density at radius 3 is 2.20 bits per heavy atom. The van der Waals surface area contributed by atoms with E-state index in [9.17, 15) is 18.3 Å². The number of hydrogen-bond acceptors (Lipinski definition) is 1. The fraction of sp³-hybridized carbons (Fsp3) is 0.200. The SMILES string of the molecule is CC(O)(Cc1cc(F)ccc1Cl)c1cc(F)cc(F)c1. The van der Waals surface area contributed by atoms with Gasteiger partial charge in [-0.05, 0) is 48.4 Å². The molecule has 0 radical (unpaired) electrons. The number of benzene rings is 2. The van der Waals surface area contributed by atoms with E-state index in [2.05, 4.69) is 0 Å². The zero-order valence-corrected chi connectivity index (χ0v) is 11.4. The topological polar surface area (TPSA) is 20.2 Å². The van der Waals surface area contributed by atoms with Gasteiger partial charge in [0.15, 0.2) is 0 Å². The molecule has 2 rings (SSSR count). The number of aliphatic hydroxyl groups is 1. The Labute approximate surface area is 119 Å². The van der Waals surface area contributed by atoms with Crippen LogP contribution in [0.15, 0.2) is 36.4 Å². The smallest absolute Gasteiger partial charge is 0.126 e. The van der Waals surface area contributed by atoms with Gasteiger partial charge >= 0.3 is 0 Å². The molecule has 0 spiro atoms. The molecule has 2 aromatic rings. The maximum Gasteiger partial charge on any atom is 0.126 e. The maximum atomic E-state index is 13.2. The summed E-state index contributed by atoms with van der Waals surface area (Å²) in [4.78, 5) is 0. The Morgan fingerprint density at radius 1 is 1.00 bits per heavy atom. The molecule has 0 saturated heterocycles. The Morgan fingerprint density at radius 2 is 1.60 bits per heavy atom. The molecular formula is C15H12ClF3O. The molecule has 106 valence electrons. The molecule has 0 fully saturated rings. The molecule has 0 aliphatic rings. The highest BCUT2D eigenvalue weighted by molar-refractivity contribution is 6.31. The predicted molar refractivity (Wildman–Crippen MR) is 71.0 cm³/mol. The van der Waals surface area contributed by atoms with Gasteiger partial charge in [0, 0.05) is 17.5 Å². The second kappa shape index (κ2) is 5.46. The third-order valence-corrected chi connectivity index (χ3v) is 3.40. The van der Waals surface area contributed by atoms with Crippen LogP contribution in [0.1, 0.15) is 18.1 Å². The summed E-state index contributed by atoms with van der Waals surface area (Å²) in [6.45, 7) is 1.39. The van der Waals surface area contributed by atoms with Gasteiger partial charge in [0.1, 0.15) is 17.5 Å². The average molecular weight is 301 g/mol. The summed E-state index contributed by atoms with van der Waals surface area (Å²) in [7, 11) is 0. The summed E-state index contributed by atoms with van der Waals surface area (Å²) in [5.41, 5.74) is -1.14. The quantitative estimate of drug-likeness (QED) is 0.900. The van der Waals surface area contributed by atoms with Crippen molar-refractivity contribution >= 4 is 11.6 Å². The zero-order chi connectivity index (χ0) is 14.9. The monoisotopic (exact) mass is 300 g/mol. The predicted octanol–water partition coefficient (Wildman–Crippen LogP) is 4.21. The highest BCUT2D eigenvalue weighted by atomic mass is 35.5. The molecular weight excluding hydrogens is 289 g/mol. The second-order valence-corrected chi connectivity index (χ2v) is 5.25. The molecule has 0 bridgehead atoms. The van der Waals surface area contributed by atoms with Crippen LogP contribution >= 0.6 is 11.6 Å². The minimum atomic E-state index is -1.57. The highest BCUT2D eigenvalue weighted by Crippen LogP contribution is 2.30. The molecule has 0 aliphatic heterocycles. The van der Waals surface area contributed by atoms with Crippen molar-refractivity contribution in [1.29, 1.82) is 0 Å². The fourth-order valence-electron chi connectivity index (χ4n) is 2.02. The molecule has 0 aromatic heterocycles. The van der Waals surface area contributed by atoms with E-state index in [0.29, 0.717) is 5.56 Å². The van der Waals surface area contributed by atoms with E-state index >= 15 is 0 Å². The first-order chi connectivity index (χ1) is 9.28. The van der Waals surface area contributed by atoms with Crippen molar-refractivity contribution in [2.45, 2.75) is 18.9 Å². The molecule has 0 heterocycles. The standard InChI is InChI=1S/C15H12ClF3O/c1-15(20,10-5-12(18)7-13(19)6-10)8-9-4-11(17)2-3-14(9)16/h2-7,20H,8H2,1H3. The lowest BCUT2D eigenvalue weighted by Crippen LogP contribution is -2.25. The summed E-state index contributed by atoms with van der Waals surface area (Å²) in [5, 5.41) is 10.7. The lowest BCUT2D eigenvalue weighted by Gasteiger charge is -2.24. The average Bonchev–Trinajstić information content (AvgIpc) is 2.32. The first-order valence-corrected chi connectivity index (χ1v) is 6.28. The van der Waals surface area contributed by atoms with Gasteiger partial charge in [0.05, 0.1) is 5.60 Å². The van der Waals surface area contributed by atoms with E-state index in [-0.39, 0.29) is 17.0 Å². The van der Waals surface area contributed by atoms with Crippen molar-refractivity contribution in [3.63, 3.8) is 0 Å². The van der Waals surface area contributed by atoms with Crippen molar-refractivity contribution in [3.8, 4) is 0 Å². The fourth-order valence-corrected chi connectivity index (χ4v) is 2.20. The third kappa shape index (κ3) is 3.32. The second-order valence-electron chi connectivity index (χ2n) is 4.84. The zero-order valence-electron chi connectivity index (χ0n) is 10.6. The summed E-state index contributed by atoms with van der Waals surface area (Å²) < 4.78 is 39.6. The Kier molecular flexibility index (Phi) is 4.06. The van der Waals surface area contributed by atoms with Crippen LogP contribution in [0.5, 0.6) is 0 Å². The van der Waals surface area contributed by atoms with Gasteiger partial charge in [-0.3, -0.25) is 0 Å². The first kappa shape index (κ1) is 14.9. The van der Waals surface area contributed by atoms with Crippen molar-refractivity contribution in [3.05, 3.63) is 70.0 Å². The molecule has 2 aromatic carbocycles. The van der Waals surface area contributed by atoms with E-state index in [1.165, 1.54) is 25.1 Å². The van der Waals surface area contributed by atoms with Gasteiger partial charge in [-0.2, -0.15) is 0 Å². The molecule has 0 amide bonds. The summed E-state index contributed by atoms with van der Waals surface area (Å²) in [6, 6.07) is 6.55. The molecule has 1 N–H and O–H groups in total. The molecule has 1 nitrogen and oxygen atoms in total. The molecule has 0 saturated carbocycles. The van der Waals surface area contributed by atoms with Gasteiger partial charge in [-0.25, -0.2) is 13.2 Å². The molecule has 20 heavy (non-hydrogen) atoms. The van der Waals surface area contributed by atoms with Gasteiger partial charge in [0.2, 0.25) is 0 Å². The van der Waals surface area contributed by atoms with Crippen molar-refractivity contribution in [2.24, 2.45) is 0 Å². The Bertz CT molecular complexity index is 621. The van der Waals surface area contributed by atoms with Crippen molar-refractivity contribution < 1.29 is 18.3 Å². The molecule has 5 heteroatoms. The molecule has 0 aliphatic carbocycles. The number of halogens is 4.